The van der Waals surface area contributed by atoms with E-state index in [4.69, 9.17) is 5.73 Å². The van der Waals surface area contributed by atoms with Crippen molar-refractivity contribution in [1.82, 2.24) is 5.43 Å². The average molecular weight is 261 g/mol. The Morgan fingerprint density at radius 1 is 1.26 bits per heavy atom. The van der Waals surface area contributed by atoms with E-state index < -0.39 is 11.8 Å². The van der Waals surface area contributed by atoms with Crippen LogP contribution in [0.4, 0.5) is 0 Å². The Kier molecular flexibility index (Phi) is 5.23. The highest BCUT2D eigenvalue weighted by Crippen LogP contribution is 2.10. The zero-order valence-corrected chi connectivity index (χ0v) is 11.4. The molecule has 0 heterocycles. The zero-order chi connectivity index (χ0) is 14.4. The largest absolute Gasteiger partial charge is 0.361 e. The summed E-state index contributed by atoms with van der Waals surface area (Å²) in [7, 11) is 0. The molecule has 102 valence electrons. The van der Waals surface area contributed by atoms with Gasteiger partial charge in [-0.3, -0.25) is 9.59 Å². The number of hydrogen-bond donors (Lipinski definition) is 2. The molecule has 0 atom stereocenters. The summed E-state index contributed by atoms with van der Waals surface area (Å²) in [5, 5.41) is 3.82. The van der Waals surface area contributed by atoms with Crippen LogP contribution in [0.2, 0.25) is 0 Å². The summed E-state index contributed by atoms with van der Waals surface area (Å²) in [6.07, 6.45) is 1.02. The summed E-state index contributed by atoms with van der Waals surface area (Å²) in [5.74, 6) is -1.37. The number of carbonyl (C=O) groups excluding carboxylic acids is 2. The van der Waals surface area contributed by atoms with Crippen molar-refractivity contribution in [3.05, 3.63) is 35.4 Å². The maximum atomic E-state index is 11.0. The molecule has 1 aromatic carbocycles. The second kappa shape index (κ2) is 6.68. The summed E-state index contributed by atoms with van der Waals surface area (Å²) >= 11 is 0. The Morgan fingerprint density at radius 2 is 1.84 bits per heavy atom. The quantitative estimate of drug-likeness (QED) is 0.485. The number of benzene rings is 1. The van der Waals surface area contributed by atoms with E-state index >= 15 is 0 Å². The van der Waals surface area contributed by atoms with Gasteiger partial charge in [-0.15, -0.1) is 0 Å². The number of amides is 2. The predicted molar refractivity (Wildman–Crippen MR) is 74.5 cm³/mol. The van der Waals surface area contributed by atoms with E-state index in [2.05, 4.69) is 24.4 Å². The lowest BCUT2D eigenvalue weighted by molar-refractivity contribution is -0.137. The fourth-order valence-corrected chi connectivity index (χ4v) is 1.61. The number of hydrazone groups is 1. The van der Waals surface area contributed by atoms with Gasteiger partial charge in [0.05, 0.1) is 5.71 Å². The van der Waals surface area contributed by atoms with Crippen molar-refractivity contribution < 1.29 is 9.59 Å². The van der Waals surface area contributed by atoms with Gasteiger partial charge < -0.3 is 5.73 Å². The molecule has 0 aliphatic carbocycles. The minimum Gasteiger partial charge on any atom is -0.361 e. The molecule has 0 radical (unpaired) electrons. The van der Waals surface area contributed by atoms with Crippen LogP contribution >= 0.6 is 0 Å². The molecule has 0 saturated heterocycles. The summed E-state index contributed by atoms with van der Waals surface area (Å²) < 4.78 is 0. The molecule has 19 heavy (non-hydrogen) atoms. The number of nitrogens with zero attached hydrogens (tertiary/aromatic N) is 1. The van der Waals surface area contributed by atoms with Gasteiger partial charge in [-0.1, -0.05) is 38.1 Å². The Balaban J connectivity index is 2.72. The number of nitrogens with one attached hydrogen (secondary N) is 1. The normalized spacial score (nSPS) is 11.5. The minimum absolute atomic E-state index is 0.607. The van der Waals surface area contributed by atoms with Crippen LogP contribution in [-0.4, -0.2) is 17.5 Å². The van der Waals surface area contributed by atoms with E-state index in [0.29, 0.717) is 11.6 Å². The third kappa shape index (κ3) is 4.91. The SMILES string of the molecule is C/C(=N/NC(=O)C(N)=O)c1ccc(CC(C)C)cc1. The third-order valence-corrected chi connectivity index (χ3v) is 2.56. The Morgan fingerprint density at radius 3 is 2.32 bits per heavy atom. The molecule has 5 nitrogen and oxygen atoms in total. The molecule has 0 aliphatic heterocycles. The minimum atomic E-state index is -1.05. The molecule has 0 aliphatic rings. The van der Waals surface area contributed by atoms with Crippen molar-refractivity contribution in [2.45, 2.75) is 27.2 Å². The smallest absolute Gasteiger partial charge is 0.329 e. The lowest BCUT2D eigenvalue weighted by atomic mass is 10.0. The highest BCUT2D eigenvalue weighted by Gasteiger charge is 2.07. The van der Waals surface area contributed by atoms with Gasteiger partial charge in [0.25, 0.3) is 0 Å². The van der Waals surface area contributed by atoms with Crippen LogP contribution in [0.5, 0.6) is 0 Å². The summed E-state index contributed by atoms with van der Waals surface area (Å²) in [4.78, 5) is 21.5. The number of hydrogen-bond acceptors (Lipinski definition) is 3. The van der Waals surface area contributed by atoms with Crippen molar-refractivity contribution in [3.8, 4) is 0 Å². The van der Waals surface area contributed by atoms with Gasteiger partial charge in [0.1, 0.15) is 0 Å². The van der Waals surface area contributed by atoms with E-state index in [1.165, 1.54) is 5.56 Å². The summed E-state index contributed by atoms with van der Waals surface area (Å²) in [5.41, 5.74) is 9.67. The van der Waals surface area contributed by atoms with Gasteiger partial charge in [0.2, 0.25) is 0 Å². The summed E-state index contributed by atoms with van der Waals surface area (Å²) in [6, 6.07) is 7.94. The van der Waals surface area contributed by atoms with Gasteiger partial charge >= 0.3 is 11.8 Å². The highest BCUT2D eigenvalue weighted by atomic mass is 16.2. The second-order valence-corrected chi connectivity index (χ2v) is 4.80. The molecular weight excluding hydrogens is 242 g/mol. The average Bonchev–Trinajstić information content (AvgIpc) is 2.35. The lowest BCUT2D eigenvalue weighted by Crippen LogP contribution is -2.33. The van der Waals surface area contributed by atoms with E-state index in [0.717, 1.165) is 12.0 Å². The molecule has 1 aromatic rings. The molecule has 0 fully saturated rings. The molecule has 2 amide bonds. The first-order valence-corrected chi connectivity index (χ1v) is 6.13. The fourth-order valence-electron chi connectivity index (χ4n) is 1.61. The number of carbonyl (C=O) groups is 2. The van der Waals surface area contributed by atoms with Gasteiger partial charge in [-0.25, -0.2) is 5.43 Å². The molecule has 0 saturated carbocycles. The van der Waals surface area contributed by atoms with Crippen LogP contribution in [0.1, 0.15) is 31.9 Å². The third-order valence-electron chi connectivity index (χ3n) is 2.56. The van der Waals surface area contributed by atoms with Crippen LogP contribution in [0.15, 0.2) is 29.4 Å². The topological polar surface area (TPSA) is 84.6 Å². The van der Waals surface area contributed by atoms with E-state index in [1.807, 2.05) is 24.3 Å². The van der Waals surface area contributed by atoms with E-state index in [1.54, 1.807) is 6.92 Å². The lowest BCUT2D eigenvalue weighted by Gasteiger charge is -2.06. The molecule has 1 rings (SSSR count). The molecule has 0 aromatic heterocycles. The highest BCUT2D eigenvalue weighted by molar-refractivity contribution is 6.34. The first kappa shape index (κ1) is 14.9. The summed E-state index contributed by atoms with van der Waals surface area (Å²) in [6.45, 7) is 6.08. The first-order chi connectivity index (χ1) is 8.90. The monoisotopic (exact) mass is 261 g/mol. The molecular formula is C14H19N3O2. The fraction of sp³-hybridized carbons (Fsp3) is 0.357. The number of rotatable bonds is 4. The van der Waals surface area contributed by atoms with Gasteiger partial charge in [-0.05, 0) is 30.4 Å². The Bertz CT molecular complexity index is 490. The predicted octanol–water partition coefficient (Wildman–Crippen LogP) is 1.21. The molecule has 0 unspecified atom stereocenters. The molecule has 0 bridgehead atoms. The molecule has 5 heteroatoms. The van der Waals surface area contributed by atoms with Crippen molar-refractivity contribution in [3.63, 3.8) is 0 Å². The zero-order valence-electron chi connectivity index (χ0n) is 11.4. The van der Waals surface area contributed by atoms with Gasteiger partial charge in [0, 0.05) is 0 Å². The Labute approximate surface area is 112 Å². The van der Waals surface area contributed by atoms with E-state index in [-0.39, 0.29) is 0 Å². The van der Waals surface area contributed by atoms with Crippen molar-refractivity contribution in [2.75, 3.05) is 0 Å². The molecule has 3 N–H and O–H groups in total. The van der Waals surface area contributed by atoms with Crippen molar-refractivity contribution in [2.24, 2.45) is 16.8 Å². The number of nitrogens with two attached hydrogens (primary N) is 1. The van der Waals surface area contributed by atoms with Crippen LogP contribution in [0.25, 0.3) is 0 Å². The van der Waals surface area contributed by atoms with Crippen LogP contribution in [0.3, 0.4) is 0 Å². The maximum Gasteiger partial charge on any atom is 0.329 e. The van der Waals surface area contributed by atoms with Gasteiger partial charge in [-0.2, -0.15) is 5.10 Å². The van der Waals surface area contributed by atoms with Crippen molar-refractivity contribution >= 4 is 17.5 Å². The second-order valence-electron chi connectivity index (χ2n) is 4.80. The Hall–Kier alpha value is -2.17. The van der Waals surface area contributed by atoms with E-state index in [9.17, 15) is 9.59 Å². The van der Waals surface area contributed by atoms with Crippen molar-refractivity contribution in [1.29, 1.82) is 0 Å². The van der Waals surface area contributed by atoms with Crippen LogP contribution in [-0.2, 0) is 16.0 Å². The number of primary amides is 1. The van der Waals surface area contributed by atoms with Crippen LogP contribution < -0.4 is 11.2 Å². The maximum absolute atomic E-state index is 11.0. The first-order valence-electron chi connectivity index (χ1n) is 6.13. The standard InChI is InChI=1S/C14H19N3O2/c1-9(2)8-11-4-6-12(7-5-11)10(3)16-17-14(19)13(15)18/h4-7,9H,8H2,1-3H3,(H2,15,18)(H,17,19)/b16-10-. The van der Waals surface area contributed by atoms with Gasteiger partial charge in [0.15, 0.2) is 0 Å². The van der Waals surface area contributed by atoms with Crippen LogP contribution in [0, 0.1) is 5.92 Å². The molecule has 0 spiro atoms.